The fourth-order valence-electron chi connectivity index (χ4n) is 2.15. The monoisotopic (exact) mass is 265 g/mol. The van der Waals surface area contributed by atoms with Crippen molar-refractivity contribution in [2.75, 3.05) is 39.9 Å². The van der Waals surface area contributed by atoms with E-state index in [0.29, 0.717) is 13.2 Å². The molecule has 1 fully saturated rings. The van der Waals surface area contributed by atoms with Crippen molar-refractivity contribution >= 4 is 5.91 Å². The van der Waals surface area contributed by atoms with Gasteiger partial charge in [0.05, 0.1) is 33.4 Å². The van der Waals surface area contributed by atoms with E-state index in [9.17, 15) is 4.79 Å². The van der Waals surface area contributed by atoms with Gasteiger partial charge in [0.2, 0.25) is 0 Å². The van der Waals surface area contributed by atoms with E-state index in [-0.39, 0.29) is 5.91 Å². The molecular weight excluding hydrogens is 244 g/mol. The molecule has 0 spiro atoms. The molecule has 1 amide bonds. The molecule has 104 valence electrons. The lowest BCUT2D eigenvalue weighted by molar-refractivity contribution is -0.893. The van der Waals surface area contributed by atoms with Crippen molar-refractivity contribution in [1.82, 2.24) is 5.32 Å². The maximum Gasteiger partial charge on any atom is 0.275 e. The summed E-state index contributed by atoms with van der Waals surface area (Å²) >= 11 is 0. The Bertz CT molecular complexity index is 406. The van der Waals surface area contributed by atoms with E-state index in [4.69, 9.17) is 9.47 Å². The minimum Gasteiger partial charge on any atom is -0.497 e. The quantitative estimate of drug-likeness (QED) is 0.681. The van der Waals surface area contributed by atoms with Crippen molar-refractivity contribution < 1.29 is 19.2 Å². The Hall–Kier alpha value is -1.75. The first kappa shape index (κ1) is 13.7. The molecule has 1 saturated heterocycles. The van der Waals surface area contributed by atoms with Gasteiger partial charge in [0.25, 0.3) is 5.91 Å². The Morgan fingerprint density at radius 2 is 2.00 bits per heavy atom. The third-order valence-electron chi connectivity index (χ3n) is 3.21. The van der Waals surface area contributed by atoms with E-state index >= 15 is 0 Å². The minimum absolute atomic E-state index is 0.150. The largest absolute Gasteiger partial charge is 0.497 e. The van der Waals surface area contributed by atoms with Crippen LogP contribution in [0.15, 0.2) is 24.3 Å². The van der Waals surface area contributed by atoms with Crippen molar-refractivity contribution in [3.63, 3.8) is 0 Å². The van der Waals surface area contributed by atoms with E-state index in [0.717, 1.165) is 37.6 Å². The second-order valence-corrected chi connectivity index (χ2v) is 4.65. The first-order valence-corrected chi connectivity index (χ1v) is 6.65. The second kappa shape index (κ2) is 6.99. The Morgan fingerprint density at radius 3 is 2.68 bits per heavy atom. The number of quaternary nitrogens is 1. The number of hydrogen-bond donors (Lipinski definition) is 2. The molecule has 1 aromatic rings. The molecular formula is C14H21N2O3+. The highest BCUT2D eigenvalue weighted by Crippen LogP contribution is 2.16. The van der Waals surface area contributed by atoms with Gasteiger partial charge in [-0.05, 0) is 24.3 Å². The Balaban J connectivity index is 1.64. The molecule has 0 aromatic heterocycles. The first-order chi connectivity index (χ1) is 9.28. The number of hydrogen-bond acceptors (Lipinski definition) is 3. The molecule has 0 saturated carbocycles. The summed E-state index contributed by atoms with van der Waals surface area (Å²) in [6.45, 7) is 4.03. The first-order valence-electron chi connectivity index (χ1n) is 6.65. The van der Waals surface area contributed by atoms with Gasteiger partial charge in [0.15, 0.2) is 6.54 Å². The number of piperazine rings is 1. The molecule has 5 heteroatoms. The molecule has 19 heavy (non-hydrogen) atoms. The van der Waals surface area contributed by atoms with Crippen LogP contribution in [-0.4, -0.2) is 45.8 Å². The van der Waals surface area contributed by atoms with Crippen LogP contribution in [0.1, 0.15) is 6.42 Å². The summed E-state index contributed by atoms with van der Waals surface area (Å²) in [6.07, 6.45) is 0.953. The van der Waals surface area contributed by atoms with Gasteiger partial charge >= 0.3 is 0 Å². The van der Waals surface area contributed by atoms with Crippen LogP contribution in [0.3, 0.4) is 0 Å². The van der Waals surface area contributed by atoms with Gasteiger partial charge in [-0.25, -0.2) is 0 Å². The van der Waals surface area contributed by atoms with Crippen LogP contribution in [0.25, 0.3) is 0 Å². The Morgan fingerprint density at radius 1 is 1.26 bits per heavy atom. The fourth-order valence-corrected chi connectivity index (χ4v) is 2.15. The highest BCUT2D eigenvalue weighted by atomic mass is 16.5. The zero-order chi connectivity index (χ0) is 13.5. The molecule has 2 N–H and O–H groups in total. The highest BCUT2D eigenvalue weighted by molar-refractivity contribution is 5.77. The van der Waals surface area contributed by atoms with Gasteiger partial charge in [-0.3, -0.25) is 4.79 Å². The lowest BCUT2D eigenvalue weighted by atomic mass is 10.3. The Labute approximate surface area is 113 Å². The van der Waals surface area contributed by atoms with Gasteiger partial charge in [0, 0.05) is 6.42 Å². The normalized spacial score (nSPS) is 18.8. The maximum atomic E-state index is 11.2. The molecule has 0 bridgehead atoms. The Kier molecular flexibility index (Phi) is 5.03. The van der Waals surface area contributed by atoms with Crippen molar-refractivity contribution in [2.45, 2.75) is 6.42 Å². The maximum absolute atomic E-state index is 11.2. The summed E-state index contributed by atoms with van der Waals surface area (Å²) in [5, 5.41) is 2.84. The molecule has 0 aliphatic carbocycles. The molecule has 1 aromatic carbocycles. The minimum atomic E-state index is 0.150. The predicted octanol–water partition coefficient (Wildman–Crippen LogP) is -0.521. The smallest absolute Gasteiger partial charge is 0.275 e. The van der Waals surface area contributed by atoms with E-state index in [1.54, 1.807) is 7.11 Å². The van der Waals surface area contributed by atoms with E-state index in [2.05, 4.69) is 5.32 Å². The molecule has 1 unspecified atom stereocenters. The number of ether oxygens (including phenoxy) is 2. The average molecular weight is 265 g/mol. The number of carbonyl (C=O) groups is 1. The summed E-state index contributed by atoms with van der Waals surface area (Å²) in [5.74, 6) is 1.83. The molecule has 1 aliphatic rings. The fraction of sp³-hybridized carbons (Fsp3) is 0.500. The topological polar surface area (TPSA) is 52.0 Å². The molecule has 0 radical (unpaired) electrons. The van der Waals surface area contributed by atoms with E-state index < -0.39 is 0 Å². The lowest BCUT2D eigenvalue weighted by Crippen LogP contribution is -3.15. The van der Waals surface area contributed by atoms with Crippen LogP contribution >= 0.6 is 0 Å². The molecule has 1 aliphatic heterocycles. The predicted molar refractivity (Wildman–Crippen MR) is 71.7 cm³/mol. The number of amides is 1. The van der Waals surface area contributed by atoms with Crippen molar-refractivity contribution in [2.24, 2.45) is 0 Å². The summed E-state index contributed by atoms with van der Waals surface area (Å²) in [6, 6.07) is 7.57. The van der Waals surface area contributed by atoms with Crippen LogP contribution in [0.5, 0.6) is 11.5 Å². The van der Waals surface area contributed by atoms with Gasteiger partial charge < -0.3 is 19.7 Å². The third-order valence-corrected chi connectivity index (χ3v) is 3.21. The number of nitrogens with one attached hydrogen (secondary N) is 2. The van der Waals surface area contributed by atoms with Crippen LogP contribution in [0.2, 0.25) is 0 Å². The summed E-state index contributed by atoms with van der Waals surface area (Å²) in [5.41, 5.74) is 0. The standard InChI is InChI=1S/C14H20N2O3/c1-18-12-3-5-13(6-4-12)19-10-2-8-16-9-7-15-14(17)11-16/h3-6H,2,7-11H2,1H3,(H,15,17)/p+1. The number of benzene rings is 1. The SMILES string of the molecule is COc1ccc(OCCC[NH+]2CCNC(=O)C2)cc1. The molecule has 5 nitrogen and oxygen atoms in total. The number of methoxy groups -OCH3 is 1. The van der Waals surface area contributed by atoms with E-state index in [1.165, 1.54) is 4.90 Å². The van der Waals surface area contributed by atoms with Gasteiger partial charge in [0.1, 0.15) is 11.5 Å². The summed E-state index contributed by atoms with van der Waals surface area (Å²) in [4.78, 5) is 12.5. The third kappa shape index (κ3) is 4.44. The molecule has 2 rings (SSSR count). The average Bonchev–Trinajstić information content (AvgIpc) is 2.44. The van der Waals surface area contributed by atoms with Crippen molar-refractivity contribution in [3.05, 3.63) is 24.3 Å². The summed E-state index contributed by atoms with van der Waals surface area (Å²) < 4.78 is 10.7. The zero-order valence-electron chi connectivity index (χ0n) is 11.3. The second-order valence-electron chi connectivity index (χ2n) is 4.65. The summed E-state index contributed by atoms with van der Waals surface area (Å²) in [7, 11) is 1.65. The van der Waals surface area contributed by atoms with Crippen LogP contribution in [0, 0.1) is 0 Å². The van der Waals surface area contributed by atoms with Crippen LogP contribution in [-0.2, 0) is 4.79 Å². The number of carbonyl (C=O) groups excluding carboxylic acids is 1. The van der Waals surface area contributed by atoms with Crippen molar-refractivity contribution in [3.8, 4) is 11.5 Å². The van der Waals surface area contributed by atoms with Crippen molar-refractivity contribution in [1.29, 1.82) is 0 Å². The number of rotatable bonds is 6. The van der Waals surface area contributed by atoms with Gasteiger partial charge in [-0.2, -0.15) is 0 Å². The van der Waals surface area contributed by atoms with Crippen LogP contribution < -0.4 is 19.7 Å². The molecule has 1 atom stereocenters. The van der Waals surface area contributed by atoms with E-state index in [1.807, 2.05) is 24.3 Å². The van der Waals surface area contributed by atoms with Gasteiger partial charge in [-0.15, -0.1) is 0 Å². The highest BCUT2D eigenvalue weighted by Gasteiger charge is 2.18. The van der Waals surface area contributed by atoms with Gasteiger partial charge in [-0.1, -0.05) is 0 Å². The molecule has 1 heterocycles. The lowest BCUT2D eigenvalue weighted by Gasteiger charge is -2.23. The van der Waals surface area contributed by atoms with Crippen LogP contribution in [0.4, 0.5) is 0 Å². The zero-order valence-corrected chi connectivity index (χ0v) is 11.3.